The molecule has 0 saturated carbocycles. The average molecular weight is 464 g/mol. The molecule has 0 amide bonds. The Balaban J connectivity index is 1.75. The number of nitrogens with zero attached hydrogens (tertiary/aromatic N) is 1. The van der Waals surface area contributed by atoms with Gasteiger partial charge in [0.15, 0.2) is 6.29 Å². The Hall–Kier alpha value is -1.66. The second kappa shape index (κ2) is 10.5. The van der Waals surface area contributed by atoms with E-state index >= 15 is 0 Å². The van der Waals surface area contributed by atoms with Gasteiger partial charge in [0.2, 0.25) is 6.29 Å². The van der Waals surface area contributed by atoms with Gasteiger partial charge in [0, 0.05) is 0 Å². The van der Waals surface area contributed by atoms with E-state index in [2.05, 4.69) is 0 Å². The van der Waals surface area contributed by atoms with Crippen LogP contribution in [0.4, 0.5) is 5.69 Å². The first kappa shape index (κ1) is 25.0. The van der Waals surface area contributed by atoms with Crippen LogP contribution in [0.3, 0.4) is 0 Å². The van der Waals surface area contributed by atoms with Gasteiger partial charge >= 0.3 is 0 Å². The van der Waals surface area contributed by atoms with Crippen LogP contribution in [0.1, 0.15) is 0 Å². The number of rotatable bonds is 7. The van der Waals surface area contributed by atoms with Gasteiger partial charge in [-0.2, -0.15) is 0 Å². The predicted octanol–water partition coefficient (Wildman–Crippen LogP) is -3.62. The van der Waals surface area contributed by atoms with Gasteiger partial charge < -0.3 is 65.1 Å². The van der Waals surface area contributed by atoms with E-state index in [1.165, 1.54) is 24.3 Å². The average Bonchev–Trinajstić information content (AvgIpc) is 2.78. The summed E-state index contributed by atoms with van der Waals surface area (Å²) in [4.78, 5) is 0. The van der Waals surface area contributed by atoms with E-state index in [1.54, 1.807) is 0 Å². The molecule has 2 saturated heterocycles. The third kappa shape index (κ3) is 5.12. The minimum absolute atomic E-state index is 0.0880. The first-order valence-electron chi connectivity index (χ1n) is 9.69. The number of hydrogen-bond acceptors (Lipinski definition) is 14. The Bertz CT molecular complexity index is 719. The van der Waals surface area contributed by atoms with E-state index in [1.807, 2.05) is 0 Å². The molecule has 3 rings (SSSR count). The van der Waals surface area contributed by atoms with Crippen LogP contribution in [0.5, 0.6) is 5.75 Å². The summed E-state index contributed by atoms with van der Waals surface area (Å²) in [5.41, 5.74) is -0.0880. The van der Waals surface area contributed by atoms with Gasteiger partial charge in [-0.15, -0.1) is 0 Å². The van der Waals surface area contributed by atoms with Gasteiger partial charge in [0.05, 0.1) is 18.9 Å². The van der Waals surface area contributed by atoms with E-state index in [9.17, 15) is 41.0 Å². The van der Waals surface area contributed by atoms with Crippen molar-refractivity contribution in [1.82, 2.24) is 0 Å². The van der Waals surface area contributed by atoms with Crippen LogP contribution >= 0.6 is 0 Å². The lowest BCUT2D eigenvalue weighted by Crippen LogP contribution is -2.65. The molecular weight excluding hydrogens is 438 g/mol. The van der Waals surface area contributed by atoms with Gasteiger partial charge in [0.25, 0.3) is 0 Å². The molecule has 14 heteroatoms. The lowest BCUT2D eigenvalue weighted by molar-refractivity contribution is -0.352. The molecule has 0 bridgehead atoms. The number of benzene rings is 1. The summed E-state index contributed by atoms with van der Waals surface area (Å²) in [7, 11) is 0. The lowest BCUT2D eigenvalue weighted by atomic mass is 9.97. The number of hydrogen-bond donors (Lipinski definition) is 8. The van der Waals surface area contributed by atoms with Crippen molar-refractivity contribution < 1.29 is 59.9 Å². The molecule has 10 atom stereocenters. The van der Waals surface area contributed by atoms with Gasteiger partial charge in [-0.25, -0.2) is 0 Å². The summed E-state index contributed by atoms with van der Waals surface area (Å²) in [6, 6.07) is 5.02. The third-order valence-corrected chi connectivity index (χ3v) is 5.27. The first-order chi connectivity index (χ1) is 15.2. The fraction of sp³-hybridized carbons (Fsp3) is 0.667. The summed E-state index contributed by atoms with van der Waals surface area (Å²) in [5, 5.41) is 89.2. The fourth-order valence-corrected chi connectivity index (χ4v) is 3.43. The normalized spacial score (nSPS) is 40.2. The van der Waals surface area contributed by atoms with E-state index < -0.39 is 74.6 Å². The molecule has 0 aliphatic carbocycles. The third-order valence-electron chi connectivity index (χ3n) is 5.27. The van der Waals surface area contributed by atoms with Crippen LogP contribution in [0, 0.1) is 5.21 Å². The molecular formula is C18H26NO13-. The predicted molar refractivity (Wildman–Crippen MR) is 101 cm³/mol. The maximum atomic E-state index is 10.9. The van der Waals surface area contributed by atoms with E-state index in [0.29, 0.717) is 0 Å². The number of aliphatic hydroxyl groups is 7. The molecule has 2 fully saturated rings. The van der Waals surface area contributed by atoms with Crippen LogP contribution in [-0.2, 0) is 14.2 Å². The SMILES string of the molecule is [O-]N(O)c1ccc(OC2OC(CO)C(O)C(OC3OC(CO)C(O)C(O)C3O)C2O)cc1. The molecule has 2 aliphatic heterocycles. The Kier molecular flexibility index (Phi) is 8.21. The quantitative estimate of drug-likeness (QED) is 0.182. The molecule has 14 nitrogen and oxygen atoms in total. The molecule has 2 heterocycles. The standard InChI is InChI=1S/C18H26NO13/c20-5-9-11(22)13(24)14(25)17(30-9)32-16-12(23)10(6-21)31-18(15(16)26)29-8-3-1-7(2-4-8)19(27)28/h1-4,9-18,20-27H,5-6H2/q-1. The van der Waals surface area contributed by atoms with Gasteiger partial charge in [-0.05, 0) is 24.3 Å². The van der Waals surface area contributed by atoms with Crippen molar-refractivity contribution in [2.75, 3.05) is 18.4 Å². The molecule has 0 spiro atoms. The Labute approximate surface area is 181 Å². The fourth-order valence-electron chi connectivity index (χ4n) is 3.43. The number of aliphatic hydroxyl groups excluding tert-OH is 7. The number of ether oxygens (including phenoxy) is 4. The molecule has 32 heavy (non-hydrogen) atoms. The van der Waals surface area contributed by atoms with Crippen molar-refractivity contribution >= 4 is 5.69 Å². The van der Waals surface area contributed by atoms with E-state index in [4.69, 9.17) is 24.2 Å². The molecule has 1 aromatic rings. The molecule has 2 aliphatic rings. The van der Waals surface area contributed by atoms with Crippen LogP contribution in [-0.4, -0.2) is 116 Å². The van der Waals surface area contributed by atoms with Gasteiger partial charge in [-0.1, -0.05) is 0 Å². The summed E-state index contributed by atoms with van der Waals surface area (Å²) in [6.45, 7) is -1.41. The Morgan fingerprint density at radius 1 is 0.781 bits per heavy atom. The Morgan fingerprint density at radius 2 is 1.34 bits per heavy atom. The number of anilines is 1. The molecule has 182 valence electrons. The highest BCUT2D eigenvalue weighted by Crippen LogP contribution is 2.30. The van der Waals surface area contributed by atoms with Crippen LogP contribution in [0.2, 0.25) is 0 Å². The van der Waals surface area contributed by atoms with Gasteiger partial charge in [-0.3, -0.25) is 5.21 Å². The molecule has 8 N–H and O–H groups in total. The summed E-state index contributed by atoms with van der Waals surface area (Å²) >= 11 is 0. The van der Waals surface area contributed by atoms with Crippen molar-refractivity contribution in [2.24, 2.45) is 0 Å². The van der Waals surface area contributed by atoms with E-state index in [-0.39, 0.29) is 16.7 Å². The molecule has 0 radical (unpaired) electrons. The largest absolute Gasteiger partial charge is 0.733 e. The second-order valence-electron chi connectivity index (χ2n) is 7.39. The van der Waals surface area contributed by atoms with Gasteiger partial charge in [0.1, 0.15) is 54.6 Å². The van der Waals surface area contributed by atoms with Crippen molar-refractivity contribution in [3.8, 4) is 5.75 Å². The maximum absolute atomic E-state index is 10.9. The van der Waals surface area contributed by atoms with E-state index in [0.717, 1.165) is 0 Å². The van der Waals surface area contributed by atoms with Crippen molar-refractivity contribution in [3.05, 3.63) is 29.5 Å². The monoisotopic (exact) mass is 464 g/mol. The smallest absolute Gasteiger partial charge is 0.229 e. The zero-order chi connectivity index (χ0) is 23.6. The second-order valence-corrected chi connectivity index (χ2v) is 7.39. The topological polar surface area (TPSA) is 225 Å². The van der Waals surface area contributed by atoms with Crippen molar-refractivity contribution in [1.29, 1.82) is 0 Å². The first-order valence-corrected chi connectivity index (χ1v) is 9.69. The Morgan fingerprint density at radius 3 is 1.91 bits per heavy atom. The summed E-state index contributed by atoms with van der Waals surface area (Å²) < 4.78 is 21.6. The maximum Gasteiger partial charge on any atom is 0.229 e. The summed E-state index contributed by atoms with van der Waals surface area (Å²) in [6.07, 6.45) is -15.8. The van der Waals surface area contributed by atoms with Crippen molar-refractivity contribution in [3.63, 3.8) is 0 Å². The zero-order valence-corrected chi connectivity index (χ0v) is 16.6. The highest BCUT2D eigenvalue weighted by atomic mass is 16.8. The highest BCUT2D eigenvalue weighted by Gasteiger charge is 2.51. The zero-order valence-electron chi connectivity index (χ0n) is 16.6. The van der Waals surface area contributed by atoms with Crippen LogP contribution in [0.25, 0.3) is 0 Å². The summed E-state index contributed by atoms with van der Waals surface area (Å²) in [5.74, 6) is 0.0966. The minimum atomic E-state index is -1.79. The molecule has 10 unspecified atom stereocenters. The highest BCUT2D eigenvalue weighted by molar-refractivity contribution is 5.47. The minimum Gasteiger partial charge on any atom is -0.733 e. The lowest BCUT2D eigenvalue weighted by Gasteiger charge is -2.45. The van der Waals surface area contributed by atoms with Crippen molar-refractivity contribution in [2.45, 2.75) is 61.4 Å². The van der Waals surface area contributed by atoms with Crippen LogP contribution < -0.4 is 9.96 Å². The molecule has 0 aromatic heterocycles. The molecule has 1 aromatic carbocycles. The van der Waals surface area contributed by atoms with Crippen LogP contribution in [0.15, 0.2) is 24.3 Å².